The van der Waals surface area contributed by atoms with Gasteiger partial charge in [0, 0.05) is 25.2 Å². The van der Waals surface area contributed by atoms with Gasteiger partial charge in [-0.05, 0) is 47.2 Å². The number of likely N-dealkylation sites (tertiary alicyclic amines) is 1. The number of aliphatic hydroxyl groups excluding tert-OH is 1. The van der Waals surface area contributed by atoms with E-state index in [0.717, 1.165) is 19.5 Å². The number of rotatable bonds is 7. The number of benzene rings is 3. The van der Waals surface area contributed by atoms with E-state index in [1.165, 1.54) is 15.9 Å². The Morgan fingerprint density at radius 1 is 0.857 bits per heavy atom. The minimum absolute atomic E-state index is 0.0496. The molecule has 3 nitrogen and oxygen atoms in total. The van der Waals surface area contributed by atoms with E-state index in [0.29, 0.717) is 6.61 Å². The third kappa shape index (κ3) is 5.31. The van der Waals surface area contributed by atoms with E-state index in [2.05, 4.69) is 131 Å². The summed E-state index contributed by atoms with van der Waals surface area (Å²) in [6.07, 6.45) is 0.365. The zero-order valence-corrected chi connectivity index (χ0v) is 22.9. The second-order valence-electron chi connectivity index (χ2n) is 11.6. The molecule has 0 spiro atoms. The molecule has 1 N–H and O–H groups in total. The fourth-order valence-corrected chi connectivity index (χ4v) is 10.3. The SMILES string of the molecule is CC1(C)C(O)CC(CO[Si](c2ccccc2)(c2ccccc2)C(C)(C)C)CN1Cc1ccccc1. The van der Waals surface area contributed by atoms with Crippen LogP contribution in [0.4, 0.5) is 0 Å². The Hall–Kier alpha value is -2.24. The molecule has 186 valence electrons. The Bertz CT molecular complexity index is 1020. The van der Waals surface area contributed by atoms with Gasteiger partial charge in [0.2, 0.25) is 0 Å². The highest BCUT2D eigenvalue weighted by Crippen LogP contribution is 2.38. The molecule has 0 aromatic heterocycles. The molecule has 35 heavy (non-hydrogen) atoms. The first kappa shape index (κ1) is 25.8. The van der Waals surface area contributed by atoms with E-state index in [1.54, 1.807) is 0 Å². The van der Waals surface area contributed by atoms with E-state index >= 15 is 0 Å². The van der Waals surface area contributed by atoms with Gasteiger partial charge < -0.3 is 9.53 Å². The van der Waals surface area contributed by atoms with E-state index in [-0.39, 0.29) is 16.5 Å². The van der Waals surface area contributed by atoms with Gasteiger partial charge in [-0.1, -0.05) is 112 Å². The first-order valence-corrected chi connectivity index (χ1v) is 14.8. The summed E-state index contributed by atoms with van der Waals surface area (Å²) in [5, 5.41) is 13.7. The average Bonchev–Trinajstić information content (AvgIpc) is 2.84. The number of hydrogen-bond donors (Lipinski definition) is 1. The van der Waals surface area contributed by atoms with Gasteiger partial charge in [0.05, 0.1) is 6.10 Å². The van der Waals surface area contributed by atoms with Crippen molar-refractivity contribution in [2.45, 2.75) is 64.3 Å². The standard InChI is InChI=1S/C31H41NO2Si/c1-30(2,3)35(27-17-11-7-12-18-27,28-19-13-8-14-20-28)34-24-26-21-29(33)31(4,5)32(23-26)22-25-15-9-6-10-16-25/h6-20,26,29,33H,21-24H2,1-5H3. The van der Waals surface area contributed by atoms with Crippen molar-refractivity contribution in [3.63, 3.8) is 0 Å². The van der Waals surface area contributed by atoms with Crippen molar-refractivity contribution in [1.29, 1.82) is 0 Å². The summed E-state index contributed by atoms with van der Waals surface area (Å²) in [5.41, 5.74) is 1.00. The van der Waals surface area contributed by atoms with Gasteiger partial charge in [-0.2, -0.15) is 0 Å². The van der Waals surface area contributed by atoms with Gasteiger partial charge in [-0.3, -0.25) is 4.90 Å². The van der Waals surface area contributed by atoms with Crippen LogP contribution in [0.15, 0.2) is 91.0 Å². The summed E-state index contributed by atoms with van der Waals surface area (Å²) < 4.78 is 7.22. The average molecular weight is 488 g/mol. The molecule has 1 aliphatic heterocycles. The molecule has 0 saturated carbocycles. The smallest absolute Gasteiger partial charge is 0.261 e. The topological polar surface area (TPSA) is 32.7 Å². The molecule has 0 radical (unpaired) electrons. The largest absolute Gasteiger partial charge is 0.407 e. The molecule has 1 heterocycles. The van der Waals surface area contributed by atoms with Crippen molar-refractivity contribution in [3.8, 4) is 0 Å². The fourth-order valence-electron chi connectivity index (χ4n) is 5.63. The highest BCUT2D eigenvalue weighted by molar-refractivity contribution is 6.99. The molecule has 4 heteroatoms. The summed E-state index contributed by atoms with van der Waals surface area (Å²) in [6.45, 7) is 13.7. The van der Waals surface area contributed by atoms with Crippen LogP contribution in [0.5, 0.6) is 0 Å². The lowest BCUT2D eigenvalue weighted by Crippen LogP contribution is -2.67. The van der Waals surface area contributed by atoms with Crippen LogP contribution in [0, 0.1) is 5.92 Å². The minimum atomic E-state index is -2.59. The van der Waals surface area contributed by atoms with Crippen molar-refractivity contribution < 1.29 is 9.53 Å². The van der Waals surface area contributed by atoms with Gasteiger partial charge in [-0.25, -0.2) is 0 Å². The van der Waals surface area contributed by atoms with E-state index in [9.17, 15) is 5.11 Å². The van der Waals surface area contributed by atoms with Gasteiger partial charge in [-0.15, -0.1) is 0 Å². The lowest BCUT2D eigenvalue weighted by Gasteiger charge is -2.50. The number of hydrogen-bond acceptors (Lipinski definition) is 3. The van der Waals surface area contributed by atoms with Crippen LogP contribution in [0.25, 0.3) is 0 Å². The van der Waals surface area contributed by atoms with Crippen molar-refractivity contribution >= 4 is 18.7 Å². The maximum atomic E-state index is 11.2. The molecule has 4 rings (SSSR count). The predicted molar refractivity (Wildman–Crippen MR) is 149 cm³/mol. The number of piperidine rings is 1. The molecule has 0 bridgehead atoms. The predicted octanol–water partition coefficient (Wildman–Crippen LogP) is 5.22. The lowest BCUT2D eigenvalue weighted by molar-refractivity contribution is -0.0769. The summed E-state index contributed by atoms with van der Waals surface area (Å²) in [4.78, 5) is 2.44. The first-order valence-electron chi connectivity index (χ1n) is 12.9. The highest BCUT2D eigenvalue weighted by atomic mass is 28.4. The van der Waals surface area contributed by atoms with Crippen molar-refractivity contribution in [2.24, 2.45) is 5.92 Å². The quantitative estimate of drug-likeness (QED) is 0.464. The van der Waals surface area contributed by atoms with Crippen molar-refractivity contribution in [2.75, 3.05) is 13.2 Å². The van der Waals surface area contributed by atoms with Gasteiger partial charge in [0.15, 0.2) is 0 Å². The molecule has 3 aromatic carbocycles. The Kier molecular flexibility index (Phi) is 7.67. The molecule has 0 aliphatic carbocycles. The first-order chi connectivity index (χ1) is 16.6. The van der Waals surface area contributed by atoms with Crippen LogP contribution in [0.1, 0.15) is 46.6 Å². The second kappa shape index (κ2) is 10.4. The van der Waals surface area contributed by atoms with Crippen LogP contribution < -0.4 is 10.4 Å². The summed E-state index contributed by atoms with van der Waals surface area (Å²) in [7, 11) is -2.59. The van der Waals surface area contributed by atoms with Crippen LogP contribution in [-0.4, -0.2) is 43.1 Å². The second-order valence-corrected chi connectivity index (χ2v) is 15.9. The van der Waals surface area contributed by atoms with Crippen LogP contribution in [0.3, 0.4) is 0 Å². The van der Waals surface area contributed by atoms with Gasteiger partial charge in [0.1, 0.15) is 0 Å². The van der Waals surface area contributed by atoms with Gasteiger partial charge >= 0.3 is 0 Å². The molecule has 3 aromatic rings. The molecule has 1 saturated heterocycles. The molecule has 2 unspecified atom stereocenters. The Labute approximate surface area is 212 Å². The summed E-state index contributed by atoms with van der Waals surface area (Å²) in [6, 6.07) is 32.2. The molecule has 1 aliphatic rings. The fraction of sp³-hybridized carbons (Fsp3) is 0.419. The minimum Gasteiger partial charge on any atom is -0.407 e. The van der Waals surface area contributed by atoms with Gasteiger partial charge in [0.25, 0.3) is 8.32 Å². The monoisotopic (exact) mass is 487 g/mol. The van der Waals surface area contributed by atoms with E-state index in [1.807, 2.05) is 0 Å². The molecule has 2 atom stereocenters. The lowest BCUT2D eigenvalue weighted by atomic mass is 9.82. The molecule has 1 fully saturated rings. The van der Waals surface area contributed by atoms with E-state index in [4.69, 9.17) is 4.43 Å². The highest BCUT2D eigenvalue weighted by Gasteiger charge is 2.51. The van der Waals surface area contributed by atoms with Crippen molar-refractivity contribution in [3.05, 3.63) is 96.6 Å². The third-order valence-electron chi connectivity index (χ3n) is 7.83. The summed E-state index contributed by atoms with van der Waals surface area (Å²) in [5.74, 6) is 0.267. The summed E-state index contributed by atoms with van der Waals surface area (Å²) >= 11 is 0. The van der Waals surface area contributed by atoms with Crippen LogP contribution in [0.2, 0.25) is 5.04 Å². The maximum Gasteiger partial charge on any atom is 0.261 e. The van der Waals surface area contributed by atoms with Crippen LogP contribution >= 0.6 is 0 Å². The maximum absolute atomic E-state index is 11.2. The Balaban J connectivity index is 1.63. The van der Waals surface area contributed by atoms with E-state index < -0.39 is 14.4 Å². The molecular weight excluding hydrogens is 446 g/mol. The molecular formula is C31H41NO2Si. The number of nitrogens with zero attached hydrogens (tertiary/aromatic N) is 1. The van der Waals surface area contributed by atoms with Crippen molar-refractivity contribution in [1.82, 2.24) is 4.90 Å². The van der Waals surface area contributed by atoms with Crippen LogP contribution in [-0.2, 0) is 11.0 Å². The zero-order chi connectivity index (χ0) is 25.1. The Morgan fingerprint density at radius 2 is 1.34 bits per heavy atom. The molecule has 0 amide bonds. The normalized spacial score (nSPS) is 21.1. The zero-order valence-electron chi connectivity index (χ0n) is 21.9. The number of aliphatic hydroxyl groups is 1. The third-order valence-corrected chi connectivity index (χ3v) is 12.8. The Morgan fingerprint density at radius 3 is 1.83 bits per heavy atom.